The zero-order valence-corrected chi connectivity index (χ0v) is 15.7. The Morgan fingerprint density at radius 3 is 2.42 bits per heavy atom. The van der Waals surface area contributed by atoms with Crippen LogP contribution < -0.4 is 4.74 Å². The first-order valence-electron chi connectivity index (χ1n) is 9.15. The summed E-state index contributed by atoms with van der Waals surface area (Å²) in [7, 11) is 1.66. The van der Waals surface area contributed by atoms with Crippen LogP contribution in [0.25, 0.3) is 0 Å². The molecule has 0 aliphatic carbocycles. The monoisotopic (exact) mass is 347 g/mol. The molecule has 3 rings (SSSR count). The minimum atomic E-state index is -0.231. The number of para-hydroxylation sites is 1. The Kier molecular flexibility index (Phi) is 5.67. The Balaban J connectivity index is 1.99. The van der Waals surface area contributed by atoms with Gasteiger partial charge in [0.25, 0.3) is 0 Å². The van der Waals surface area contributed by atoms with Crippen molar-refractivity contribution in [2.24, 2.45) is 10.9 Å². The van der Waals surface area contributed by atoms with Gasteiger partial charge in [0.15, 0.2) is 5.78 Å². The fourth-order valence-corrected chi connectivity index (χ4v) is 3.60. The van der Waals surface area contributed by atoms with Crippen LogP contribution in [0.1, 0.15) is 37.8 Å². The highest BCUT2D eigenvalue weighted by Crippen LogP contribution is 2.32. The van der Waals surface area contributed by atoms with Crippen molar-refractivity contribution < 1.29 is 9.53 Å². The van der Waals surface area contributed by atoms with E-state index >= 15 is 0 Å². The predicted octanol–water partition coefficient (Wildman–Crippen LogP) is 5.00. The van der Waals surface area contributed by atoms with E-state index in [4.69, 9.17) is 9.73 Å². The highest BCUT2D eigenvalue weighted by atomic mass is 16.5. The fraction of sp³-hybridized carbons (Fsp3) is 0.304. The number of ketones is 1. The molecule has 3 nitrogen and oxygen atoms in total. The highest BCUT2D eigenvalue weighted by molar-refractivity contribution is 6.21. The topological polar surface area (TPSA) is 38.7 Å². The van der Waals surface area contributed by atoms with E-state index in [0.717, 1.165) is 47.6 Å². The number of allylic oxidation sites excluding steroid dienone is 2. The first-order valence-corrected chi connectivity index (χ1v) is 9.15. The molecule has 1 atom stereocenters. The van der Waals surface area contributed by atoms with Crippen LogP contribution in [0, 0.1) is 5.92 Å². The van der Waals surface area contributed by atoms with Crippen LogP contribution in [-0.2, 0) is 11.2 Å². The highest BCUT2D eigenvalue weighted by Gasteiger charge is 2.33. The van der Waals surface area contributed by atoms with Crippen LogP contribution in [0.15, 0.2) is 70.9 Å². The summed E-state index contributed by atoms with van der Waals surface area (Å²) in [6.45, 7) is 3.95. The summed E-state index contributed by atoms with van der Waals surface area (Å²) in [5, 5.41) is 0. The third-order valence-corrected chi connectivity index (χ3v) is 4.97. The molecular weight excluding hydrogens is 322 g/mol. The zero-order chi connectivity index (χ0) is 18.5. The maximum absolute atomic E-state index is 13.2. The van der Waals surface area contributed by atoms with Crippen molar-refractivity contribution in [3.05, 3.63) is 77.0 Å². The van der Waals surface area contributed by atoms with Gasteiger partial charge < -0.3 is 4.74 Å². The number of carbonyl (C=O) groups excluding carboxylic acids is 1. The first kappa shape index (κ1) is 18.1. The van der Waals surface area contributed by atoms with E-state index in [-0.39, 0.29) is 11.7 Å². The van der Waals surface area contributed by atoms with Gasteiger partial charge in [0.1, 0.15) is 5.75 Å². The molecule has 3 heteroatoms. The number of methoxy groups -OCH3 is 1. The van der Waals surface area contributed by atoms with Gasteiger partial charge in [-0.1, -0.05) is 49.4 Å². The molecule has 0 bridgehead atoms. The summed E-state index contributed by atoms with van der Waals surface area (Å²) in [5.41, 5.74) is 4.66. The Morgan fingerprint density at radius 1 is 1.04 bits per heavy atom. The van der Waals surface area contributed by atoms with Crippen molar-refractivity contribution >= 4 is 11.5 Å². The lowest BCUT2D eigenvalue weighted by Gasteiger charge is -2.26. The second-order valence-electron chi connectivity index (χ2n) is 6.56. The fourth-order valence-electron chi connectivity index (χ4n) is 3.60. The van der Waals surface area contributed by atoms with E-state index in [0.29, 0.717) is 0 Å². The van der Waals surface area contributed by atoms with Crippen LogP contribution in [-0.4, -0.2) is 18.6 Å². The molecule has 0 saturated carbocycles. The van der Waals surface area contributed by atoms with Crippen molar-refractivity contribution in [3.63, 3.8) is 0 Å². The van der Waals surface area contributed by atoms with Crippen molar-refractivity contribution in [2.75, 3.05) is 7.11 Å². The summed E-state index contributed by atoms with van der Waals surface area (Å²) in [6.07, 6.45) is 2.31. The lowest BCUT2D eigenvalue weighted by Crippen LogP contribution is -2.31. The van der Waals surface area contributed by atoms with Gasteiger partial charge in [0.2, 0.25) is 0 Å². The van der Waals surface area contributed by atoms with E-state index in [1.54, 1.807) is 7.11 Å². The van der Waals surface area contributed by atoms with E-state index < -0.39 is 0 Å². The lowest BCUT2D eigenvalue weighted by atomic mass is 9.81. The van der Waals surface area contributed by atoms with E-state index in [2.05, 4.69) is 12.1 Å². The summed E-state index contributed by atoms with van der Waals surface area (Å²) in [5.74, 6) is 0.735. The van der Waals surface area contributed by atoms with Gasteiger partial charge in [-0.25, -0.2) is 0 Å². The van der Waals surface area contributed by atoms with Gasteiger partial charge in [-0.3, -0.25) is 9.79 Å². The molecular formula is C23H25NO2. The molecule has 0 radical (unpaired) electrons. The normalized spacial score (nSPS) is 17.3. The maximum atomic E-state index is 13.2. The maximum Gasteiger partial charge on any atom is 0.169 e. The number of hydrogen-bond donors (Lipinski definition) is 0. The molecule has 1 aliphatic heterocycles. The molecule has 0 aromatic heterocycles. The Morgan fingerprint density at radius 2 is 1.73 bits per heavy atom. The Labute approximate surface area is 155 Å². The molecule has 0 N–H and O–H groups in total. The van der Waals surface area contributed by atoms with Gasteiger partial charge >= 0.3 is 0 Å². The third kappa shape index (κ3) is 3.62. The molecule has 0 saturated heterocycles. The van der Waals surface area contributed by atoms with Crippen LogP contribution in [0.3, 0.4) is 0 Å². The number of aliphatic imine (C=N–C) groups is 1. The summed E-state index contributed by atoms with van der Waals surface area (Å²) >= 11 is 0. The smallest absolute Gasteiger partial charge is 0.169 e. The third-order valence-electron chi connectivity index (χ3n) is 4.97. The van der Waals surface area contributed by atoms with E-state index in [9.17, 15) is 4.79 Å². The van der Waals surface area contributed by atoms with Crippen molar-refractivity contribution in [1.29, 1.82) is 0 Å². The summed E-state index contributed by atoms with van der Waals surface area (Å²) in [4.78, 5) is 18.0. The molecule has 1 heterocycles. The molecule has 2 aromatic rings. The molecule has 0 amide bonds. The van der Waals surface area contributed by atoms with Gasteiger partial charge in [-0.15, -0.1) is 0 Å². The minimum absolute atomic E-state index is 0.205. The predicted molar refractivity (Wildman–Crippen MR) is 106 cm³/mol. The van der Waals surface area contributed by atoms with Crippen molar-refractivity contribution in [1.82, 2.24) is 0 Å². The SMILES string of the molecule is CCC1=C(C)N=C(c2ccccc2OC)C(CCc2ccccc2)C1=O. The number of rotatable bonds is 6. The summed E-state index contributed by atoms with van der Waals surface area (Å²) in [6, 6.07) is 18.1. The van der Waals surface area contributed by atoms with Crippen LogP contribution in [0.2, 0.25) is 0 Å². The number of benzene rings is 2. The second kappa shape index (κ2) is 8.13. The van der Waals surface area contributed by atoms with Gasteiger partial charge in [0, 0.05) is 16.8 Å². The van der Waals surface area contributed by atoms with E-state index in [1.165, 1.54) is 5.56 Å². The number of hydrogen-bond acceptors (Lipinski definition) is 3. The zero-order valence-electron chi connectivity index (χ0n) is 15.7. The van der Waals surface area contributed by atoms with Gasteiger partial charge in [0.05, 0.1) is 18.7 Å². The van der Waals surface area contributed by atoms with Crippen LogP contribution >= 0.6 is 0 Å². The molecule has 134 valence electrons. The molecule has 0 fully saturated rings. The molecule has 1 aliphatic rings. The molecule has 26 heavy (non-hydrogen) atoms. The second-order valence-corrected chi connectivity index (χ2v) is 6.56. The average molecular weight is 347 g/mol. The molecule has 2 aromatic carbocycles. The number of Topliss-reactive ketones (excluding diaryl/α,β-unsaturated/α-hetero) is 1. The quantitative estimate of drug-likeness (QED) is 0.737. The Hall–Kier alpha value is -2.68. The number of carbonyl (C=O) groups is 1. The number of nitrogens with zero attached hydrogens (tertiary/aromatic N) is 1. The minimum Gasteiger partial charge on any atom is -0.496 e. The van der Waals surface area contributed by atoms with E-state index in [1.807, 2.05) is 56.3 Å². The summed E-state index contributed by atoms with van der Waals surface area (Å²) < 4.78 is 5.53. The average Bonchev–Trinajstić information content (AvgIpc) is 2.68. The first-order chi connectivity index (χ1) is 12.7. The number of ether oxygens (including phenoxy) is 1. The van der Waals surface area contributed by atoms with Crippen molar-refractivity contribution in [3.8, 4) is 5.75 Å². The van der Waals surface area contributed by atoms with Crippen LogP contribution in [0.5, 0.6) is 5.75 Å². The van der Waals surface area contributed by atoms with Gasteiger partial charge in [-0.05, 0) is 43.9 Å². The Bertz CT molecular complexity index is 850. The molecule has 1 unspecified atom stereocenters. The largest absolute Gasteiger partial charge is 0.496 e. The van der Waals surface area contributed by atoms with Gasteiger partial charge in [-0.2, -0.15) is 0 Å². The number of aryl methyl sites for hydroxylation is 1. The lowest BCUT2D eigenvalue weighted by molar-refractivity contribution is -0.117. The van der Waals surface area contributed by atoms with Crippen molar-refractivity contribution in [2.45, 2.75) is 33.1 Å². The molecule has 0 spiro atoms. The van der Waals surface area contributed by atoms with Crippen LogP contribution in [0.4, 0.5) is 0 Å². The standard InChI is InChI=1S/C23H25NO2/c1-4-18-16(2)24-22(19-12-8-9-13-21(19)26-3)20(23(18)25)15-14-17-10-6-5-7-11-17/h5-13,20H,4,14-15H2,1-3H3.